The quantitative estimate of drug-likeness (QED) is 0.629. The minimum atomic E-state index is -0.0734. The summed E-state index contributed by atoms with van der Waals surface area (Å²) in [4.78, 5) is 24.2. The van der Waals surface area contributed by atoms with Crippen molar-refractivity contribution in [3.05, 3.63) is 11.6 Å². The van der Waals surface area contributed by atoms with E-state index in [-0.39, 0.29) is 5.41 Å². The van der Waals surface area contributed by atoms with E-state index >= 15 is 0 Å². The van der Waals surface area contributed by atoms with Gasteiger partial charge in [0.15, 0.2) is 0 Å². The van der Waals surface area contributed by atoms with Gasteiger partial charge in [0.1, 0.15) is 11.6 Å². The molecule has 2 nitrogen and oxygen atoms in total. The second-order valence-electron chi connectivity index (χ2n) is 8.41. The molecule has 4 rings (SSSR count). The van der Waals surface area contributed by atoms with Crippen molar-refractivity contribution < 1.29 is 9.59 Å². The van der Waals surface area contributed by atoms with Gasteiger partial charge >= 0.3 is 0 Å². The Morgan fingerprint density at radius 1 is 1.05 bits per heavy atom. The first-order valence-corrected chi connectivity index (χ1v) is 8.70. The molecule has 0 radical (unpaired) electrons. The fourth-order valence-electron chi connectivity index (χ4n) is 6.08. The third kappa shape index (κ3) is 1.71. The third-order valence-electron chi connectivity index (χ3n) is 7.61. The van der Waals surface area contributed by atoms with Gasteiger partial charge in [-0.3, -0.25) is 9.59 Å². The number of rotatable bonds is 0. The fourth-order valence-corrected chi connectivity index (χ4v) is 6.08. The molecule has 0 bridgehead atoms. The van der Waals surface area contributed by atoms with Gasteiger partial charge in [-0.1, -0.05) is 25.5 Å². The minimum Gasteiger partial charge on any atom is -0.300 e. The molecule has 0 spiro atoms. The Morgan fingerprint density at radius 2 is 1.86 bits per heavy atom. The Kier molecular flexibility index (Phi) is 2.81. The maximum Gasteiger partial charge on any atom is 0.139 e. The van der Waals surface area contributed by atoms with Gasteiger partial charge in [0.2, 0.25) is 0 Å². The second-order valence-corrected chi connectivity index (χ2v) is 8.41. The molecular weight excluding hydrogens is 260 g/mol. The van der Waals surface area contributed by atoms with Crippen LogP contribution in [-0.2, 0) is 9.59 Å². The zero-order valence-corrected chi connectivity index (χ0v) is 13.3. The van der Waals surface area contributed by atoms with Crippen LogP contribution in [0.1, 0.15) is 65.2 Å². The maximum atomic E-state index is 12.3. The molecule has 4 aliphatic carbocycles. The van der Waals surface area contributed by atoms with Crippen molar-refractivity contribution in [2.75, 3.05) is 0 Å². The lowest BCUT2D eigenvalue weighted by Gasteiger charge is -2.55. The van der Waals surface area contributed by atoms with Gasteiger partial charge < -0.3 is 0 Å². The summed E-state index contributed by atoms with van der Waals surface area (Å²) in [6.45, 7) is 4.64. The lowest BCUT2D eigenvalue weighted by Crippen LogP contribution is -2.49. The number of fused-ring (bicyclic) bond motifs is 5. The molecule has 0 aromatic carbocycles. The Balaban J connectivity index is 1.72. The van der Waals surface area contributed by atoms with E-state index in [2.05, 4.69) is 19.9 Å². The molecule has 0 aliphatic heterocycles. The summed E-state index contributed by atoms with van der Waals surface area (Å²) in [5.41, 5.74) is 1.84. The Hall–Kier alpha value is -0.920. The first-order valence-electron chi connectivity index (χ1n) is 8.70. The van der Waals surface area contributed by atoms with E-state index in [1.807, 2.05) is 0 Å². The van der Waals surface area contributed by atoms with Gasteiger partial charge in [-0.25, -0.2) is 0 Å². The van der Waals surface area contributed by atoms with Crippen LogP contribution < -0.4 is 0 Å². The predicted molar refractivity (Wildman–Crippen MR) is 81.7 cm³/mol. The van der Waals surface area contributed by atoms with Crippen molar-refractivity contribution in [2.45, 2.75) is 65.2 Å². The lowest BCUT2D eigenvalue weighted by molar-refractivity contribution is -0.129. The zero-order valence-electron chi connectivity index (χ0n) is 13.3. The predicted octanol–water partition coefficient (Wildman–Crippen LogP) is 4.09. The van der Waals surface area contributed by atoms with Gasteiger partial charge in [-0.05, 0) is 55.3 Å². The molecule has 0 aromatic heterocycles. The van der Waals surface area contributed by atoms with Gasteiger partial charge in [-0.2, -0.15) is 0 Å². The number of Topliss-reactive ketones (excluding diaryl/α,β-unsaturated/α-hetero) is 2. The van der Waals surface area contributed by atoms with Crippen molar-refractivity contribution >= 4 is 11.6 Å². The standard InChI is InChI=1S/C19H26O2/c1-18-9-7-13(20)11-12(18)3-4-14-15-5-6-17(21)19(15,2)10-8-16(14)18/h4,12,15-16H,3,5-11H2,1-2H3/t12-,15-,16-,18-,19-/m0/s1. The molecule has 3 saturated carbocycles. The Morgan fingerprint density at radius 3 is 2.67 bits per heavy atom. The molecule has 0 heterocycles. The van der Waals surface area contributed by atoms with Crippen LogP contribution in [0, 0.1) is 28.6 Å². The Bertz CT molecular complexity index is 546. The molecule has 3 fully saturated rings. The number of hydrogen-bond donors (Lipinski definition) is 0. The average molecular weight is 286 g/mol. The molecule has 2 heteroatoms. The van der Waals surface area contributed by atoms with E-state index < -0.39 is 0 Å². The van der Waals surface area contributed by atoms with Crippen LogP contribution in [0.2, 0.25) is 0 Å². The van der Waals surface area contributed by atoms with Crippen LogP contribution in [-0.4, -0.2) is 11.6 Å². The van der Waals surface area contributed by atoms with E-state index in [4.69, 9.17) is 0 Å². The first kappa shape index (κ1) is 13.7. The van der Waals surface area contributed by atoms with Crippen LogP contribution in [0.15, 0.2) is 11.6 Å². The van der Waals surface area contributed by atoms with Crippen molar-refractivity contribution in [1.29, 1.82) is 0 Å². The molecule has 4 aliphatic rings. The highest BCUT2D eigenvalue weighted by atomic mass is 16.1. The highest BCUT2D eigenvalue weighted by Crippen LogP contribution is 2.63. The van der Waals surface area contributed by atoms with Crippen LogP contribution in [0.25, 0.3) is 0 Å². The van der Waals surface area contributed by atoms with Crippen molar-refractivity contribution in [3.63, 3.8) is 0 Å². The van der Waals surface area contributed by atoms with E-state index in [0.29, 0.717) is 34.7 Å². The second kappa shape index (κ2) is 4.30. The van der Waals surface area contributed by atoms with Gasteiger partial charge in [0, 0.05) is 24.7 Å². The van der Waals surface area contributed by atoms with Gasteiger partial charge in [-0.15, -0.1) is 0 Å². The van der Waals surface area contributed by atoms with Crippen molar-refractivity contribution in [3.8, 4) is 0 Å². The minimum absolute atomic E-state index is 0.0734. The molecule has 21 heavy (non-hydrogen) atoms. The molecule has 0 unspecified atom stereocenters. The summed E-state index contributed by atoms with van der Waals surface area (Å²) in [6.07, 6.45) is 10.2. The van der Waals surface area contributed by atoms with Crippen molar-refractivity contribution in [2.24, 2.45) is 28.6 Å². The summed E-state index contributed by atoms with van der Waals surface area (Å²) >= 11 is 0. The number of hydrogen-bond acceptors (Lipinski definition) is 2. The fraction of sp³-hybridized carbons (Fsp3) is 0.789. The smallest absolute Gasteiger partial charge is 0.139 e. The highest BCUT2D eigenvalue weighted by molar-refractivity contribution is 5.88. The third-order valence-corrected chi connectivity index (χ3v) is 7.61. The van der Waals surface area contributed by atoms with Gasteiger partial charge in [0.05, 0.1) is 0 Å². The van der Waals surface area contributed by atoms with Crippen LogP contribution in [0.5, 0.6) is 0 Å². The van der Waals surface area contributed by atoms with Crippen LogP contribution in [0.4, 0.5) is 0 Å². The molecule has 5 atom stereocenters. The van der Waals surface area contributed by atoms with E-state index in [0.717, 1.165) is 51.4 Å². The Labute approximate surface area is 127 Å². The maximum absolute atomic E-state index is 12.3. The monoisotopic (exact) mass is 286 g/mol. The number of carbonyl (C=O) groups excluding carboxylic acids is 2. The normalized spacial score (nSPS) is 49.2. The lowest BCUT2D eigenvalue weighted by atomic mass is 9.49. The first-order chi connectivity index (χ1) is 9.95. The topological polar surface area (TPSA) is 34.1 Å². The largest absolute Gasteiger partial charge is 0.300 e. The van der Waals surface area contributed by atoms with E-state index in [1.54, 1.807) is 5.57 Å². The van der Waals surface area contributed by atoms with E-state index in [9.17, 15) is 9.59 Å². The van der Waals surface area contributed by atoms with E-state index in [1.165, 1.54) is 0 Å². The SMILES string of the molecule is C[C@]12CCC(=O)C[C@@H]1CC=C1[C@@H]2CC[C@]2(C)C(=O)CC[C@@H]12. The number of carbonyl (C=O) groups is 2. The van der Waals surface area contributed by atoms with Gasteiger partial charge in [0.25, 0.3) is 0 Å². The van der Waals surface area contributed by atoms with Crippen molar-refractivity contribution in [1.82, 2.24) is 0 Å². The number of ketones is 2. The summed E-state index contributed by atoms with van der Waals surface area (Å²) in [6, 6.07) is 0. The molecule has 0 N–H and O–H groups in total. The summed E-state index contributed by atoms with van der Waals surface area (Å²) < 4.78 is 0. The molecule has 0 aromatic rings. The molecular formula is C19H26O2. The summed E-state index contributed by atoms with van der Waals surface area (Å²) in [5.74, 6) is 2.64. The average Bonchev–Trinajstić information content (AvgIpc) is 2.76. The van der Waals surface area contributed by atoms with Crippen LogP contribution >= 0.6 is 0 Å². The zero-order chi connectivity index (χ0) is 14.8. The number of allylic oxidation sites excluding steroid dienone is 2. The molecule has 0 saturated heterocycles. The highest BCUT2D eigenvalue weighted by Gasteiger charge is 2.57. The molecule has 0 amide bonds. The summed E-state index contributed by atoms with van der Waals surface area (Å²) in [7, 11) is 0. The summed E-state index contributed by atoms with van der Waals surface area (Å²) in [5, 5.41) is 0. The molecule has 114 valence electrons. The van der Waals surface area contributed by atoms with Crippen LogP contribution in [0.3, 0.4) is 0 Å².